The minimum absolute atomic E-state index is 0.898. The van der Waals surface area contributed by atoms with E-state index in [2.05, 4.69) is 29.2 Å². The molecule has 0 aliphatic heterocycles. The summed E-state index contributed by atoms with van der Waals surface area (Å²) < 4.78 is 5.33. The maximum Gasteiger partial charge on any atom is 0.119 e. The van der Waals surface area contributed by atoms with Crippen molar-refractivity contribution >= 4 is 0 Å². The number of methoxy groups -OCH3 is 1. The monoisotopic (exact) mass is 288 g/mol. The molecule has 0 amide bonds. The fourth-order valence-electron chi connectivity index (χ4n) is 2.95. The molecule has 0 fully saturated rings. The first kappa shape index (κ1) is 13.0. The van der Waals surface area contributed by atoms with E-state index >= 15 is 0 Å². The van der Waals surface area contributed by atoms with Crippen molar-refractivity contribution in [2.24, 2.45) is 0 Å². The summed E-state index contributed by atoms with van der Waals surface area (Å²) in [5.74, 6) is 0.898. The van der Waals surface area contributed by atoms with Crippen molar-refractivity contribution in [3.8, 4) is 28.3 Å². The van der Waals surface area contributed by atoms with Crippen LogP contribution in [-0.2, 0) is 12.8 Å². The average molecular weight is 288 g/mol. The van der Waals surface area contributed by atoms with Crippen LogP contribution >= 0.6 is 0 Å². The minimum Gasteiger partial charge on any atom is -0.497 e. The van der Waals surface area contributed by atoms with Crippen molar-refractivity contribution in [3.63, 3.8) is 0 Å². The van der Waals surface area contributed by atoms with Gasteiger partial charge in [-0.25, -0.2) is 4.98 Å². The standard InChI is InChI=1S/C19H16N2O/c1-22-15-8-9-16-14(11-15)7-10-17-19(16)21-18(12-20-17)13-5-3-2-4-6-13/h2-6,8-9,11-12H,7,10H2,1H3. The highest BCUT2D eigenvalue weighted by Crippen LogP contribution is 2.34. The third-order valence-corrected chi connectivity index (χ3v) is 4.12. The average Bonchev–Trinajstić information content (AvgIpc) is 2.61. The van der Waals surface area contributed by atoms with E-state index in [9.17, 15) is 0 Å². The number of ether oxygens (including phenoxy) is 1. The van der Waals surface area contributed by atoms with Crippen LogP contribution < -0.4 is 4.74 Å². The molecule has 1 heterocycles. The highest BCUT2D eigenvalue weighted by atomic mass is 16.5. The third kappa shape index (κ3) is 2.15. The molecule has 0 saturated heterocycles. The summed E-state index contributed by atoms with van der Waals surface area (Å²) in [6.07, 6.45) is 3.79. The van der Waals surface area contributed by atoms with Crippen molar-refractivity contribution < 1.29 is 4.74 Å². The molecule has 3 aromatic rings. The molecule has 0 bridgehead atoms. The molecular formula is C19H16N2O. The third-order valence-electron chi connectivity index (χ3n) is 4.12. The quantitative estimate of drug-likeness (QED) is 0.717. The van der Waals surface area contributed by atoms with Gasteiger partial charge in [0.2, 0.25) is 0 Å². The fourth-order valence-corrected chi connectivity index (χ4v) is 2.95. The molecule has 0 radical (unpaired) electrons. The molecule has 4 rings (SSSR count). The number of hydrogen-bond donors (Lipinski definition) is 0. The van der Waals surface area contributed by atoms with E-state index in [4.69, 9.17) is 9.72 Å². The van der Waals surface area contributed by atoms with E-state index in [-0.39, 0.29) is 0 Å². The molecular weight excluding hydrogens is 272 g/mol. The van der Waals surface area contributed by atoms with Crippen LogP contribution in [0, 0.1) is 0 Å². The van der Waals surface area contributed by atoms with Gasteiger partial charge in [0.15, 0.2) is 0 Å². The molecule has 0 N–H and O–H groups in total. The van der Waals surface area contributed by atoms with Gasteiger partial charge in [-0.3, -0.25) is 4.98 Å². The van der Waals surface area contributed by atoms with Crippen molar-refractivity contribution in [3.05, 3.63) is 66.0 Å². The van der Waals surface area contributed by atoms with Crippen LogP contribution in [0.15, 0.2) is 54.7 Å². The number of hydrogen-bond acceptors (Lipinski definition) is 3. The molecule has 108 valence electrons. The second-order valence-electron chi connectivity index (χ2n) is 5.44. The molecule has 0 spiro atoms. The van der Waals surface area contributed by atoms with Gasteiger partial charge in [-0.1, -0.05) is 30.3 Å². The van der Waals surface area contributed by atoms with Gasteiger partial charge in [0, 0.05) is 11.1 Å². The zero-order valence-electron chi connectivity index (χ0n) is 12.4. The van der Waals surface area contributed by atoms with Crippen LogP contribution in [0.4, 0.5) is 0 Å². The van der Waals surface area contributed by atoms with Crippen LogP contribution in [-0.4, -0.2) is 17.1 Å². The summed E-state index contributed by atoms with van der Waals surface area (Å²) in [5.41, 5.74) is 6.56. The molecule has 1 aromatic heterocycles. The highest BCUT2D eigenvalue weighted by Gasteiger charge is 2.19. The van der Waals surface area contributed by atoms with Gasteiger partial charge in [-0.2, -0.15) is 0 Å². The SMILES string of the molecule is COc1ccc2c(c1)CCc1ncc(-c3ccccc3)nc1-2. The Balaban J connectivity index is 1.85. The molecule has 1 aliphatic carbocycles. The molecule has 0 atom stereocenters. The Bertz CT molecular complexity index is 828. The van der Waals surface area contributed by atoms with Crippen molar-refractivity contribution in [1.29, 1.82) is 0 Å². The Labute approximate surface area is 129 Å². The number of nitrogens with zero attached hydrogens (tertiary/aromatic N) is 2. The fraction of sp³-hybridized carbons (Fsp3) is 0.158. The predicted octanol–water partition coefficient (Wildman–Crippen LogP) is 3.92. The Kier molecular flexibility index (Phi) is 3.11. The molecule has 3 nitrogen and oxygen atoms in total. The second-order valence-corrected chi connectivity index (χ2v) is 5.44. The molecule has 0 saturated carbocycles. The van der Waals surface area contributed by atoms with Gasteiger partial charge in [-0.05, 0) is 36.6 Å². The highest BCUT2D eigenvalue weighted by molar-refractivity contribution is 5.72. The summed E-state index contributed by atoms with van der Waals surface area (Å²) in [6.45, 7) is 0. The minimum atomic E-state index is 0.898. The number of aromatic nitrogens is 2. The lowest BCUT2D eigenvalue weighted by Gasteiger charge is -2.19. The molecule has 22 heavy (non-hydrogen) atoms. The Hall–Kier alpha value is -2.68. The number of benzene rings is 2. The largest absolute Gasteiger partial charge is 0.497 e. The summed E-state index contributed by atoms with van der Waals surface area (Å²) in [6, 6.07) is 16.4. The van der Waals surface area contributed by atoms with E-state index in [1.165, 1.54) is 11.1 Å². The summed E-state index contributed by atoms with van der Waals surface area (Å²) in [5, 5.41) is 0. The molecule has 0 unspecified atom stereocenters. The first-order valence-electron chi connectivity index (χ1n) is 7.44. The zero-order valence-corrected chi connectivity index (χ0v) is 12.4. The van der Waals surface area contributed by atoms with Crippen molar-refractivity contribution in [2.75, 3.05) is 7.11 Å². The number of aryl methyl sites for hydroxylation is 2. The van der Waals surface area contributed by atoms with Gasteiger partial charge in [0.25, 0.3) is 0 Å². The summed E-state index contributed by atoms with van der Waals surface area (Å²) in [7, 11) is 1.70. The van der Waals surface area contributed by atoms with Crippen LogP contribution in [0.25, 0.3) is 22.5 Å². The van der Waals surface area contributed by atoms with E-state index in [0.29, 0.717) is 0 Å². The summed E-state index contributed by atoms with van der Waals surface area (Å²) >= 11 is 0. The number of rotatable bonds is 2. The maximum absolute atomic E-state index is 5.33. The van der Waals surface area contributed by atoms with Crippen LogP contribution in [0.1, 0.15) is 11.3 Å². The first-order chi connectivity index (χ1) is 10.8. The molecule has 2 aromatic carbocycles. The lowest BCUT2D eigenvalue weighted by atomic mass is 9.91. The van der Waals surface area contributed by atoms with E-state index < -0.39 is 0 Å². The Morgan fingerprint density at radius 1 is 1.00 bits per heavy atom. The second kappa shape index (κ2) is 5.26. The molecule has 3 heteroatoms. The van der Waals surface area contributed by atoms with E-state index in [1.54, 1.807) is 7.11 Å². The van der Waals surface area contributed by atoms with Crippen molar-refractivity contribution in [2.45, 2.75) is 12.8 Å². The van der Waals surface area contributed by atoms with E-state index in [0.717, 1.165) is 41.2 Å². The van der Waals surface area contributed by atoms with Gasteiger partial charge in [-0.15, -0.1) is 0 Å². The zero-order chi connectivity index (χ0) is 14.9. The smallest absolute Gasteiger partial charge is 0.119 e. The maximum atomic E-state index is 5.33. The topological polar surface area (TPSA) is 35.0 Å². The number of fused-ring (bicyclic) bond motifs is 3. The van der Waals surface area contributed by atoms with Crippen LogP contribution in [0.2, 0.25) is 0 Å². The van der Waals surface area contributed by atoms with Gasteiger partial charge in [0.1, 0.15) is 5.75 Å². The van der Waals surface area contributed by atoms with Gasteiger partial charge >= 0.3 is 0 Å². The molecule has 1 aliphatic rings. The van der Waals surface area contributed by atoms with Crippen LogP contribution in [0.3, 0.4) is 0 Å². The van der Waals surface area contributed by atoms with Crippen LogP contribution in [0.5, 0.6) is 5.75 Å². The Morgan fingerprint density at radius 3 is 2.68 bits per heavy atom. The lowest BCUT2D eigenvalue weighted by Crippen LogP contribution is -2.08. The summed E-state index contributed by atoms with van der Waals surface area (Å²) in [4.78, 5) is 9.52. The van der Waals surface area contributed by atoms with Gasteiger partial charge in [0.05, 0.1) is 30.4 Å². The predicted molar refractivity (Wildman–Crippen MR) is 86.9 cm³/mol. The normalized spacial score (nSPS) is 12.4. The lowest BCUT2D eigenvalue weighted by molar-refractivity contribution is 0.414. The van der Waals surface area contributed by atoms with E-state index in [1.807, 2.05) is 30.5 Å². The van der Waals surface area contributed by atoms with Crippen molar-refractivity contribution in [1.82, 2.24) is 9.97 Å². The Morgan fingerprint density at radius 2 is 1.86 bits per heavy atom. The van der Waals surface area contributed by atoms with Gasteiger partial charge < -0.3 is 4.74 Å². The first-order valence-corrected chi connectivity index (χ1v) is 7.44.